The molecule has 1 unspecified atom stereocenters. The highest BCUT2D eigenvalue weighted by Crippen LogP contribution is 2.24. The molecule has 1 aromatic rings. The molecular formula is C12H17N3O4S. The fourth-order valence-corrected chi connectivity index (χ4v) is 3.60. The minimum absolute atomic E-state index is 0.0536. The van der Waals surface area contributed by atoms with Crippen LogP contribution in [-0.4, -0.2) is 42.4 Å². The van der Waals surface area contributed by atoms with Crippen molar-refractivity contribution in [1.82, 2.24) is 4.98 Å². The third-order valence-corrected chi connectivity index (χ3v) is 5.82. The van der Waals surface area contributed by atoms with Gasteiger partial charge in [-0.1, -0.05) is 0 Å². The Morgan fingerprint density at radius 1 is 1.45 bits per heavy atom. The number of aromatic nitrogens is 1. The Morgan fingerprint density at radius 2 is 2.15 bits per heavy atom. The zero-order valence-corrected chi connectivity index (χ0v) is 12.3. The molecule has 1 aliphatic heterocycles. The topological polar surface area (TPSA) is 93.4 Å². The molecular weight excluding hydrogens is 282 g/mol. The Balaban J connectivity index is 2.26. The Morgan fingerprint density at radius 3 is 2.75 bits per heavy atom. The number of hydrogen-bond acceptors (Lipinski definition) is 6. The molecule has 110 valence electrons. The van der Waals surface area contributed by atoms with E-state index in [0.29, 0.717) is 30.9 Å². The van der Waals surface area contributed by atoms with Gasteiger partial charge in [-0.05, 0) is 25.8 Å². The molecule has 1 saturated heterocycles. The second kappa shape index (κ2) is 5.35. The van der Waals surface area contributed by atoms with E-state index in [9.17, 15) is 18.5 Å². The van der Waals surface area contributed by atoms with Crippen molar-refractivity contribution < 1.29 is 13.3 Å². The van der Waals surface area contributed by atoms with Gasteiger partial charge < -0.3 is 4.90 Å². The summed E-state index contributed by atoms with van der Waals surface area (Å²) in [6.07, 6.45) is 1.76. The Bertz CT molecular complexity index is 630. The number of rotatable bonds is 2. The molecule has 1 aliphatic rings. The minimum atomic E-state index is -3.05. The predicted octanol–water partition coefficient (Wildman–Crippen LogP) is 1.31. The van der Waals surface area contributed by atoms with E-state index >= 15 is 0 Å². The highest BCUT2D eigenvalue weighted by atomic mass is 32.2. The van der Waals surface area contributed by atoms with Gasteiger partial charge in [0.1, 0.15) is 12.0 Å². The van der Waals surface area contributed by atoms with Crippen LogP contribution in [0.25, 0.3) is 0 Å². The molecule has 0 amide bonds. The van der Waals surface area contributed by atoms with E-state index < -0.39 is 14.8 Å². The quantitative estimate of drug-likeness (QED) is 0.604. The van der Waals surface area contributed by atoms with Gasteiger partial charge in [0, 0.05) is 19.2 Å². The van der Waals surface area contributed by atoms with Gasteiger partial charge in [0.2, 0.25) is 0 Å². The van der Waals surface area contributed by atoms with E-state index in [-0.39, 0.29) is 16.7 Å². The van der Waals surface area contributed by atoms with Crippen LogP contribution in [0.1, 0.15) is 18.9 Å². The minimum Gasteiger partial charge on any atom is -0.355 e. The number of hydrogen-bond donors (Lipinski definition) is 0. The maximum absolute atomic E-state index is 11.9. The summed E-state index contributed by atoms with van der Waals surface area (Å²) in [7, 11) is -3.05. The van der Waals surface area contributed by atoms with Crippen LogP contribution < -0.4 is 4.90 Å². The Labute approximate surface area is 117 Å². The van der Waals surface area contributed by atoms with Crippen molar-refractivity contribution in [3.05, 3.63) is 27.9 Å². The first-order chi connectivity index (χ1) is 9.31. The van der Waals surface area contributed by atoms with Crippen molar-refractivity contribution in [2.45, 2.75) is 25.5 Å². The normalized spacial score (nSPS) is 22.3. The SMILES string of the molecule is Cc1cc([N+](=O)[O-])cnc1N1CCC(C)S(=O)(=O)CC1. The van der Waals surface area contributed by atoms with Crippen molar-refractivity contribution in [3.8, 4) is 0 Å². The zero-order valence-electron chi connectivity index (χ0n) is 11.4. The van der Waals surface area contributed by atoms with Gasteiger partial charge in [-0.3, -0.25) is 10.1 Å². The molecule has 1 aromatic heterocycles. The summed E-state index contributed by atoms with van der Waals surface area (Å²) < 4.78 is 23.7. The van der Waals surface area contributed by atoms with E-state index in [1.54, 1.807) is 13.8 Å². The molecule has 0 aliphatic carbocycles. The standard InChI is InChI=1S/C12H17N3O4S/c1-9-7-11(15(16)17)8-13-12(9)14-4-3-10(2)20(18,19)6-5-14/h7-8,10H,3-6H2,1-2H3. The lowest BCUT2D eigenvalue weighted by Gasteiger charge is -2.22. The van der Waals surface area contributed by atoms with Crippen LogP contribution in [0, 0.1) is 17.0 Å². The molecule has 8 heteroatoms. The van der Waals surface area contributed by atoms with Gasteiger partial charge in [-0.15, -0.1) is 0 Å². The van der Waals surface area contributed by atoms with Gasteiger partial charge >= 0.3 is 0 Å². The molecule has 0 N–H and O–H groups in total. The molecule has 0 spiro atoms. The highest BCUT2D eigenvalue weighted by molar-refractivity contribution is 7.92. The van der Waals surface area contributed by atoms with E-state index in [0.717, 1.165) is 0 Å². The third-order valence-electron chi connectivity index (χ3n) is 3.61. The molecule has 0 aromatic carbocycles. The molecule has 0 saturated carbocycles. The monoisotopic (exact) mass is 299 g/mol. The first-order valence-electron chi connectivity index (χ1n) is 6.39. The highest BCUT2D eigenvalue weighted by Gasteiger charge is 2.27. The van der Waals surface area contributed by atoms with Gasteiger partial charge in [-0.2, -0.15) is 0 Å². The number of pyridine rings is 1. The zero-order chi connectivity index (χ0) is 14.9. The molecule has 1 fully saturated rings. The van der Waals surface area contributed by atoms with Crippen molar-refractivity contribution in [2.75, 3.05) is 23.7 Å². The van der Waals surface area contributed by atoms with E-state index in [2.05, 4.69) is 4.98 Å². The van der Waals surface area contributed by atoms with Gasteiger partial charge in [0.25, 0.3) is 5.69 Å². The van der Waals surface area contributed by atoms with E-state index in [1.807, 2.05) is 4.90 Å². The number of nitrogens with zero attached hydrogens (tertiary/aromatic N) is 3. The largest absolute Gasteiger partial charge is 0.355 e. The molecule has 2 heterocycles. The summed E-state index contributed by atoms with van der Waals surface area (Å²) in [6.45, 7) is 4.43. The predicted molar refractivity (Wildman–Crippen MR) is 75.7 cm³/mol. The third kappa shape index (κ3) is 2.90. The van der Waals surface area contributed by atoms with Gasteiger partial charge in [0.15, 0.2) is 9.84 Å². The summed E-state index contributed by atoms with van der Waals surface area (Å²) in [6, 6.07) is 1.46. The first kappa shape index (κ1) is 14.7. The van der Waals surface area contributed by atoms with Crippen molar-refractivity contribution in [1.29, 1.82) is 0 Å². The van der Waals surface area contributed by atoms with Crippen LogP contribution in [0.4, 0.5) is 11.5 Å². The lowest BCUT2D eigenvalue weighted by Crippen LogP contribution is -2.28. The van der Waals surface area contributed by atoms with E-state index in [1.165, 1.54) is 12.3 Å². The van der Waals surface area contributed by atoms with E-state index in [4.69, 9.17) is 0 Å². The summed E-state index contributed by atoms with van der Waals surface area (Å²) in [5.74, 6) is 0.714. The average Bonchev–Trinajstić information content (AvgIpc) is 2.50. The van der Waals surface area contributed by atoms with Crippen LogP contribution >= 0.6 is 0 Å². The molecule has 0 radical (unpaired) electrons. The van der Waals surface area contributed by atoms with Gasteiger partial charge in [-0.25, -0.2) is 13.4 Å². The summed E-state index contributed by atoms with van der Waals surface area (Å²) in [4.78, 5) is 16.2. The fourth-order valence-electron chi connectivity index (χ4n) is 2.26. The Hall–Kier alpha value is -1.70. The molecule has 20 heavy (non-hydrogen) atoms. The van der Waals surface area contributed by atoms with Crippen molar-refractivity contribution in [3.63, 3.8) is 0 Å². The number of sulfone groups is 1. The number of aryl methyl sites for hydroxylation is 1. The smallest absolute Gasteiger partial charge is 0.287 e. The second-order valence-corrected chi connectivity index (χ2v) is 7.58. The van der Waals surface area contributed by atoms with Crippen LogP contribution in [0.3, 0.4) is 0 Å². The molecule has 0 bridgehead atoms. The molecule has 2 rings (SSSR count). The van der Waals surface area contributed by atoms with Gasteiger partial charge in [0.05, 0.1) is 15.9 Å². The van der Waals surface area contributed by atoms with Crippen molar-refractivity contribution >= 4 is 21.3 Å². The molecule has 7 nitrogen and oxygen atoms in total. The van der Waals surface area contributed by atoms with Crippen LogP contribution in [-0.2, 0) is 9.84 Å². The van der Waals surface area contributed by atoms with Crippen LogP contribution in [0.5, 0.6) is 0 Å². The van der Waals surface area contributed by atoms with Crippen molar-refractivity contribution in [2.24, 2.45) is 0 Å². The van der Waals surface area contributed by atoms with Crippen LogP contribution in [0.2, 0.25) is 0 Å². The number of anilines is 1. The average molecular weight is 299 g/mol. The molecule has 1 atom stereocenters. The fraction of sp³-hybridized carbons (Fsp3) is 0.583. The Kier molecular flexibility index (Phi) is 3.94. The lowest BCUT2D eigenvalue weighted by molar-refractivity contribution is -0.385. The summed E-state index contributed by atoms with van der Waals surface area (Å²) >= 11 is 0. The van der Waals surface area contributed by atoms with Crippen LogP contribution in [0.15, 0.2) is 12.3 Å². The summed E-state index contributed by atoms with van der Waals surface area (Å²) in [5, 5.41) is 10.3. The maximum Gasteiger partial charge on any atom is 0.287 e. The lowest BCUT2D eigenvalue weighted by atomic mass is 10.2. The summed E-state index contributed by atoms with van der Waals surface area (Å²) in [5.41, 5.74) is 0.633. The second-order valence-electron chi connectivity index (χ2n) is 5.04. The number of nitro groups is 1. The first-order valence-corrected chi connectivity index (χ1v) is 8.10. The maximum atomic E-state index is 11.9.